The Morgan fingerprint density at radius 3 is 2.41 bits per heavy atom. The molecule has 11 heteroatoms. The molecule has 0 aromatic heterocycles. The van der Waals surface area contributed by atoms with Gasteiger partial charge < -0.3 is 31.7 Å². The quantitative estimate of drug-likeness (QED) is 0.0646. The Labute approximate surface area is 277 Å². The van der Waals surface area contributed by atoms with E-state index in [0.29, 0.717) is 60.6 Å². The Morgan fingerprint density at radius 1 is 1.09 bits per heavy atom. The van der Waals surface area contributed by atoms with Crippen molar-refractivity contribution in [2.45, 2.75) is 41.7 Å². The zero-order valence-corrected chi connectivity index (χ0v) is 27.5. The molecule has 234 valence electrons. The number of nitrogens with two attached hydrogens (primary N) is 2. The Kier molecular flexibility index (Phi) is 13.1. The number of nitrogens with zero attached hydrogens (tertiary/aromatic N) is 2. The van der Waals surface area contributed by atoms with Crippen LogP contribution < -0.4 is 26.8 Å². The first-order valence-corrected chi connectivity index (χ1v) is 16.7. The first-order valence-electron chi connectivity index (χ1n) is 14.8. The number of nitrogens with one attached hydrogen (secondary N) is 2. The van der Waals surface area contributed by atoms with E-state index in [1.54, 1.807) is 12.1 Å². The third-order valence-electron chi connectivity index (χ3n) is 7.62. The highest BCUT2D eigenvalue weighted by Gasteiger charge is 2.32. The molecule has 1 fully saturated rings. The number of carbonyl (C=O) groups excluding carboxylic acids is 2. The molecule has 0 aliphatic carbocycles. The maximum atomic E-state index is 14.0. The molecule has 0 radical (unpaired) electrons. The van der Waals surface area contributed by atoms with Crippen LogP contribution in [0.2, 0.25) is 5.02 Å². The van der Waals surface area contributed by atoms with Crippen LogP contribution in [-0.4, -0.2) is 67.5 Å². The van der Waals surface area contributed by atoms with Crippen molar-refractivity contribution in [2.75, 3.05) is 32.8 Å². The summed E-state index contributed by atoms with van der Waals surface area (Å²) in [5.74, 6) is 0.508. The van der Waals surface area contributed by atoms with E-state index in [0.717, 1.165) is 16.7 Å². The lowest BCUT2D eigenvalue weighted by Crippen LogP contribution is -2.49. The number of halogens is 2. The minimum Gasteiger partial charge on any atom is -0.483 e. The zero-order valence-electron chi connectivity index (χ0n) is 24.6. The molecule has 2 atom stereocenters. The van der Waals surface area contributed by atoms with Crippen LogP contribution in [0.4, 0.5) is 0 Å². The van der Waals surface area contributed by atoms with Crippen LogP contribution in [0.15, 0.2) is 83.9 Å². The number of aliphatic imine (C=N–C) groups is 1. The third kappa shape index (κ3) is 10.1. The lowest BCUT2D eigenvalue weighted by Gasteiger charge is -2.29. The van der Waals surface area contributed by atoms with E-state index < -0.39 is 6.04 Å². The van der Waals surface area contributed by atoms with Gasteiger partial charge in [0.25, 0.3) is 5.91 Å². The number of alkyl halides is 1. The monoisotopic (exact) mass is 730 g/mol. The average molecular weight is 731 g/mol. The largest absolute Gasteiger partial charge is 0.483 e. The van der Waals surface area contributed by atoms with Gasteiger partial charge in [-0.05, 0) is 48.6 Å². The van der Waals surface area contributed by atoms with Gasteiger partial charge in [0.2, 0.25) is 5.91 Å². The first kappa shape index (κ1) is 33.5. The van der Waals surface area contributed by atoms with Crippen LogP contribution in [0.3, 0.4) is 0 Å². The molecule has 1 aliphatic rings. The molecule has 9 nitrogen and oxygen atoms in total. The molecule has 1 aliphatic heterocycles. The number of hydrogen-bond acceptors (Lipinski definition) is 5. The third-order valence-corrected chi connectivity index (χ3v) is 8.67. The predicted octanol–water partition coefficient (Wildman–Crippen LogP) is 4.21. The van der Waals surface area contributed by atoms with Crippen molar-refractivity contribution < 1.29 is 14.3 Å². The lowest BCUT2D eigenvalue weighted by molar-refractivity contribution is -0.133. The van der Waals surface area contributed by atoms with Gasteiger partial charge in [-0.1, -0.05) is 94.9 Å². The summed E-state index contributed by atoms with van der Waals surface area (Å²) in [6, 6.07) is 25.4. The molecule has 6 N–H and O–H groups in total. The number of carbonyl (C=O) groups is 2. The number of rotatable bonds is 14. The molecule has 44 heavy (non-hydrogen) atoms. The van der Waals surface area contributed by atoms with Gasteiger partial charge in [0, 0.05) is 53.2 Å². The summed E-state index contributed by atoms with van der Waals surface area (Å²) in [4.78, 5) is 32.8. The van der Waals surface area contributed by atoms with E-state index in [1.807, 2.05) is 47.4 Å². The van der Waals surface area contributed by atoms with Crippen molar-refractivity contribution in [1.29, 1.82) is 0 Å². The fourth-order valence-electron chi connectivity index (χ4n) is 5.35. The van der Waals surface area contributed by atoms with Crippen molar-refractivity contribution in [3.8, 4) is 5.75 Å². The molecule has 1 saturated heterocycles. The second kappa shape index (κ2) is 17.2. The average Bonchev–Trinajstić information content (AvgIpc) is 3.18. The van der Waals surface area contributed by atoms with E-state index in [2.05, 4.69) is 62.5 Å². The number of hydrogen-bond donors (Lipinski definition) is 4. The SMILES string of the molecule is NC(N)=NCCC[C@@H]1N[C@H](CNC(=O)COc2ccc(Cl)cc2CI)CCN(CC(c2ccccc2)c2ccccc2)C1=O. The second-order valence-corrected chi connectivity index (χ2v) is 12.0. The highest BCUT2D eigenvalue weighted by molar-refractivity contribution is 14.1. The fourth-order valence-corrected chi connectivity index (χ4v) is 6.14. The van der Waals surface area contributed by atoms with Crippen LogP contribution in [0.5, 0.6) is 5.75 Å². The first-order chi connectivity index (χ1) is 21.3. The van der Waals surface area contributed by atoms with Crippen molar-refractivity contribution in [3.63, 3.8) is 0 Å². The highest BCUT2D eigenvalue weighted by atomic mass is 127. The molecule has 2 amide bonds. The highest BCUT2D eigenvalue weighted by Crippen LogP contribution is 2.27. The number of amides is 2. The second-order valence-electron chi connectivity index (χ2n) is 10.8. The van der Waals surface area contributed by atoms with Gasteiger partial charge >= 0.3 is 0 Å². The Hall–Kier alpha value is -3.35. The molecule has 0 spiro atoms. The van der Waals surface area contributed by atoms with Crippen LogP contribution >= 0.6 is 34.2 Å². The van der Waals surface area contributed by atoms with Crippen LogP contribution in [0.1, 0.15) is 41.9 Å². The predicted molar refractivity (Wildman–Crippen MR) is 184 cm³/mol. The Balaban J connectivity index is 1.43. The van der Waals surface area contributed by atoms with Gasteiger partial charge in [0.15, 0.2) is 12.6 Å². The topological polar surface area (TPSA) is 135 Å². The summed E-state index contributed by atoms with van der Waals surface area (Å²) in [6.07, 6.45) is 1.89. The number of guanidine groups is 1. The van der Waals surface area contributed by atoms with Gasteiger partial charge in [-0.25, -0.2) is 0 Å². The van der Waals surface area contributed by atoms with Gasteiger partial charge in [0.1, 0.15) is 5.75 Å². The zero-order chi connectivity index (χ0) is 31.3. The van der Waals surface area contributed by atoms with Crippen LogP contribution in [-0.2, 0) is 14.0 Å². The van der Waals surface area contributed by atoms with Gasteiger partial charge in [-0.15, -0.1) is 0 Å². The summed E-state index contributed by atoms with van der Waals surface area (Å²) < 4.78 is 6.50. The smallest absolute Gasteiger partial charge is 0.257 e. The van der Waals surface area contributed by atoms with Crippen molar-refractivity contribution in [3.05, 3.63) is 101 Å². The summed E-state index contributed by atoms with van der Waals surface area (Å²) in [5, 5.41) is 7.13. The molecular formula is C33H40ClIN6O3. The van der Waals surface area contributed by atoms with Crippen LogP contribution in [0, 0.1) is 0 Å². The standard InChI is InChI=1S/C33H40ClIN6O3/c34-26-13-14-30(25(18-26)19-35)44-22-31(42)39-20-27-15-17-41(32(43)29(40-27)12-7-16-38-33(36)37)21-28(23-8-3-1-4-9-23)24-10-5-2-6-11-24/h1-6,8-11,13-14,18,27-29,40H,7,12,15-17,19-22H2,(H,39,42)(H4,36,37,38)/t27-,29-/m0/s1. The maximum absolute atomic E-state index is 14.0. The Morgan fingerprint density at radius 2 is 1.77 bits per heavy atom. The molecule has 0 saturated carbocycles. The van der Waals surface area contributed by atoms with E-state index >= 15 is 0 Å². The normalized spacial score (nSPS) is 16.8. The van der Waals surface area contributed by atoms with Gasteiger partial charge in [0.05, 0.1) is 6.04 Å². The molecule has 3 aromatic carbocycles. The van der Waals surface area contributed by atoms with Crippen molar-refractivity contribution in [2.24, 2.45) is 16.5 Å². The van der Waals surface area contributed by atoms with Crippen LogP contribution in [0.25, 0.3) is 0 Å². The summed E-state index contributed by atoms with van der Waals surface area (Å²) in [6.45, 7) is 1.81. The lowest BCUT2D eigenvalue weighted by atomic mass is 9.90. The van der Waals surface area contributed by atoms with E-state index in [4.69, 9.17) is 27.8 Å². The van der Waals surface area contributed by atoms with E-state index in [-0.39, 0.29) is 36.3 Å². The maximum Gasteiger partial charge on any atom is 0.257 e. The van der Waals surface area contributed by atoms with Crippen molar-refractivity contribution >= 4 is 52.0 Å². The van der Waals surface area contributed by atoms with E-state index in [9.17, 15) is 9.59 Å². The molecule has 3 aromatic rings. The summed E-state index contributed by atoms with van der Waals surface area (Å²) >= 11 is 8.33. The van der Waals surface area contributed by atoms with Crippen molar-refractivity contribution in [1.82, 2.24) is 15.5 Å². The number of ether oxygens (including phenoxy) is 1. The molecule has 0 bridgehead atoms. The number of benzene rings is 3. The molecular weight excluding hydrogens is 691 g/mol. The van der Waals surface area contributed by atoms with Gasteiger partial charge in [-0.3, -0.25) is 14.6 Å². The molecule has 1 heterocycles. The minimum atomic E-state index is -0.433. The minimum absolute atomic E-state index is 0.0253. The summed E-state index contributed by atoms with van der Waals surface area (Å²) in [5.41, 5.74) is 14.3. The summed E-state index contributed by atoms with van der Waals surface area (Å²) in [7, 11) is 0. The van der Waals surface area contributed by atoms with Gasteiger partial charge in [-0.2, -0.15) is 0 Å². The molecule has 4 rings (SSSR count). The van der Waals surface area contributed by atoms with E-state index in [1.165, 1.54) is 0 Å². The molecule has 0 unspecified atom stereocenters. The Bertz CT molecular complexity index is 1350. The fraction of sp³-hybridized carbons (Fsp3) is 0.364.